The first-order valence-corrected chi connectivity index (χ1v) is 7.10. The van der Waals surface area contributed by atoms with Gasteiger partial charge in [-0.05, 0) is 54.7 Å². The summed E-state index contributed by atoms with van der Waals surface area (Å²) in [6, 6.07) is 9.38. The molecule has 0 amide bonds. The van der Waals surface area contributed by atoms with Gasteiger partial charge in [0.2, 0.25) is 0 Å². The van der Waals surface area contributed by atoms with Gasteiger partial charge in [-0.15, -0.1) is 0 Å². The Labute approximate surface area is 105 Å². The maximum atomic E-state index is 2.51. The first-order valence-electron chi connectivity index (χ1n) is 7.10. The second-order valence-corrected chi connectivity index (χ2v) is 6.04. The van der Waals surface area contributed by atoms with Crippen molar-refractivity contribution < 1.29 is 0 Å². The largest absolute Gasteiger partial charge is 0.372 e. The van der Waals surface area contributed by atoms with E-state index < -0.39 is 0 Å². The second kappa shape index (κ2) is 4.36. The SMILES string of the molecule is CC(C)[C@H]1C[C@@H]1c1ccc(N2CCCC2)cc1. The van der Waals surface area contributed by atoms with Crippen LogP contribution in [-0.4, -0.2) is 13.1 Å². The van der Waals surface area contributed by atoms with Gasteiger partial charge in [0.25, 0.3) is 0 Å². The van der Waals surface area contributed by atoms with Crippen LogP contribution in [0.25, 0.3) is 0 Å². The number of nitrogens with zero attached hydrogens (tertiary/aromatic N) is 1. The first kappa shape index (κ1) is 11.1. The lowest BCUT2D eigenvalue weighted by Gasteiger charge is -2.17. The van der Waals surface area contributed by atoms with Gasteiger partial charge in [-0.3, -0.25) is 0 Å². The maximum Gasteiger partial charge on any atom is 0.0366 e. The van der Waals surface area contributed by atoms with E-state index in [0.717, 1.165) is 17.8 Å². The number of hydrogen-bond donors (Lipinski definition) is 0. The van der Waals surface area contributed by atoms with Crippen molar-refractivity contribution in [3.05, 3.63) is 29.8 Å². The van der Waals surface area contributed by atoms with Gasteiger partial charge in [0.1, 0.15) is 0 Å². The van der Waals surface area contributed by atoms with Crippen LogP contribution in [0.4, 0.5) is 5.69 Å². The van der Waals surface area contributed by atoms with E-state index in [9.17, 15) is 0 Å². The molecular formula is C16H23N. The van der Waals surface area contributed by atoms with Crippen LogP contribution in [0.3, 0.4) is 0 Å². The van der Waals surface area contributed by atoms with Crippen molar-refractivity contribution in [2.75, 3.05) is 18.0 Å². The van der Waals surface area contributed by atoms with Gasteiger partial charge in [0.15, 0.2) is 0 Å². The summed E-state index contributed by atoms with van der Waals surface area (Å²) in [7, 11) is 0. The number of rotatable bonds is 3. The van der Waals surface area contributed by atoms with Crippen LogP contribution in [0.5, 0.6) is 0 Å². The van der Waals surface area contributed by atoms with E-state index in [1.807, 2.05) is 0 Å². The molecule has 1 saturated heterocycles. The Morgan fingerprint density at radius 1 is 1.06 bits per heavy atom. The van der Waals surface area contributed by atoms with Gasteiger partial charge < -0.3 is 4.90 Å². The zero-order valence-electron chi connectivity index (χ0n) is 11.0. The van der Waals surface area contributed by atoms with Gasteiger partial charge >= 0.3 is 0 Å². The topological polar surface area (TPSA) is 3.24 Å². The molecule has 1 saturated carbocycles. The zero-order chi connectivity index (χ0) is 11.8. The van der Waals surface area contributed by atoms with E-state index >= 15 is 0 Å². The highest BCUT2D eigenvalue weighted by Gasteiger charge is 2.39. The Balaban J connectivity index is 1.68. The van der Waals surface area contributed by atoms with Crippen molar-refractivity contribution in [1.82, 2.24) is 0 Å². The molecular weight excluding hydrogens is 206 g/mol. The third-order valence-electron chi connectivity index (χ3n) is 4.49. The Kier molecular flexibility index (Phi) is 2.85. The van der Waals surface area contributed by atoms with Crippen molar-refractivity contribution in [1.29, 1.82) is 0 Å². The molecule has 0 N–H and O–H groups in total. The van der Waals surface area contributed by atoms with E-state index in [1.54, 1.807) is 5.56 Å². The molecule has 3 rings (SSSR count). The molecule has 92 valence electrons. The Morgan fingerprint density at radius 3 is 2.24 bits per heavy atom. The van der Waals surface area contributed by atoms with Crippen LogP contribution >= 0.6 is 0 Å². The van der Waals surface area contributed by atoms with Gasteiger partial charge in [-0.25, -0.2) is 0 Å². The quantitative estimate of drug-likeness (QED) is 0.756. The molecule has 17 heavy (non-hydrogen) atoms. The summed E-state index contributed by atoms with van der Waals surface area (Å²) >= 11 is 0. The molecule has 0 bridgehead atoms. The van der Waals surface area contributed by atoms with Crippen LogP contribution < -0.4 is 4.90 Å². The molecule has 2 atom stereocenters. The van der Waals surface area contributed by atoms with E-state index in [0.29, 0.717) is 0 Å². The minimum absolute atomic E-state index is 0.846. The van der Waals surface area contributed by atoms with Crippen molar-refractivity contribution in [3.8, 4) is 0 Å². The third-order valence-corrected chi connectivity index (χ3v) is 4.49. The summed E-state index contributed by atoms with van der Waals surface area (Å²) in [5.74, 6) is 2.63. The molecule has 1 nitrogen and oxygen atoms in total. The average Bonchev–Trinajstić information content (AvgIpc) is 2.97. The fraction of sp³-hybridized carbons (Fsp3) is 0.625. The summed E-state index contributed by atoms with van der Waals surface area (Å²) in [6.07, 6.45) is 4.13. The van der Waals surface area contributed by atoms with Gasteiger partial charge in [-0.2, -0.15) is 0 Å². The maximum absolute atomic E-state index is 2.51. The number of benzene rings is 1. The zero-order valence-corrected chi connectivity index (χ0v) is 11.0. The standard InChI is InChI=1S/C16H23N/c1-12(2)15-11-16(15)13-5-7-14(8-6-13)17-9-3-4-10-17/h5-8,12,15-16H,3-4,9-11H2,1-2H3/t15-,16-/m1/s1. The second-order valence-electron chi connectivity index (χ2n) is 6.04. The monoisotopic (exact) mass is 229 g/mol. The van der Waals surface area contributed by atoms with Crippen LogP contribution in [-0.2, 0) is 0 Å². The highest BCUT2D eigenvalue weighted by molar-refractivity contribution is 5.49. The highest BCUT2D eigenvalue weighted by Crippen LogP contribution is 2.51. The lowest BCUT2D eigenvalue weighted by atomic mass is 10.0. The third kappa shape index (κ3) is 2.20. The molecule has 1 heterocycles. The Morgan fingerprint density at radius 2 is 1.71 bits per heavy atom. The molecule has 2 fully saturated rings. The Bertz CT molecular complexity index is 373. The van der Waals surface area contributed by atoms with E-state index in [1.165, 1.54) is 38.0 Å². The van der Waals surface area contributed by atoms with E-state index in [2.05, 4.69) is 43.0 Å². The highest BCUT2D eigenvalue weighted by atomic mass is 15.1. The lowest BCUT2D eigenvalue weighted by molar-refractivity contribution is 0.549. The molecule has 2 aliphatic rings. The normalized spacial score (nSPS) is 27.8. The van der Waals surface area contributed by atoms with Gasteiger partial charge in [-0.1, -0.05) is 26.0 Å². The average molecular weight is 229 g/mol. The molecule has 0 spiro atoms. The van der Waals surface area contributed by atoms with Gasteiger partial charge in [0, 0.05) is 18.8 Å². The number of hydrogen-bond acceptors (Lipinski definition) is 1. The van der Waals surface area contributed by atoms with Crippen molar-refractivity contribution in [2.45, 2.75) is 39.0 Å². The van der Waals surface area contributed by atoms with Crippen LogP contribution in [0, 0.1) is 11.8 Å². The fourth-order valence-electron chi connectivity index (χ4n) is 3.24. The molecule has 1 heteroatoms. The summed E-state index contributed by atoms with van der Waals surface area (Å²) in [6.45, 7) is 7.20. The minimum Gasteiger partial charge on any atom is -0.372 e. The van der Waals surface area contributed by atoms with E-state index in [4.69, 9.17) is 0 Å². The summed E-state index contributed by atoms with van der Waals surface area (Å²) < 4.78 is 0. The number of anilines is 1. The van der Waals surface area contributed by atoms with Crippen LogP contribution in [0.1, 0.15) is 44.6 Å². The molecule has 1 aromatic carbocycles. The first-order chi connectivity index (χ1) is 8.25. The summed E-state index contributed by atoms with van der Waals surface area (Å²) in [5.41, 5.74) is 2.99. The van der Waals surface area contributed by atoms with Crippen LogP contribution in [0.15, 0.2) is 24.3 Å². The van der Waals surface area contributed by atoms with E-state index in [-0.39, 0.29) is 0 Å². The predicted molar refractivity (Wildman–Crippen MR) is 73.6 cm³/mol. The van der Waals surface area contributed by atoms with Crippen LogP contribution in [0.2, 0.25) is 0 Å². The lowest BCUT2D eigenvalue weighted by Crippen LogP contribution is -2.17. The smallest absolute Gasteiger partial charge is 0.0366 e. The fourth-order valence-corrected chi connectivity index (χ4v) is 3.24. The molecule has 1 aliphatic heterocycles. The Hall–Kier alpha value is -0.980. The molecule has 0 aromatic heterocycles. The predicted octanol–water partition coefficient (Wildman–Crippen LogP) is 4.05. The van der Waals surface area contributed by atoms with Crippen molar-refractivity contribution >= 4 is 5.69 Å². The summed E-state index contributed by atoms with van der Waals surface area (Å²) in [4.78, 5) is 2.51. The molecule has 0 unspecified atom stereocenters. The molecule has 1 aromatic rings. The molecule has 1 aliphatic carbocycles. The van der Waals surface area contributed by atoms with Crippen molar-refractivity contribution in [2.24, 2.45) is 11.8 Å². The summed E-state index contributed by atoms with van der Waals surface area (Å²) in [5, 5.41) is 0. The van der Waals surface area contributed by atoms with Crippen molar-refractivity contribution in [3.63, 3.8) is 0 Å². The minimum atomic E-state index is 0.846. The molecule has 0 radical (unpaired) electrons. The van der Waals surface area contributed by atoms with Gasteiger partial charge in [0.05, 0.1) is 0 Å².